The number of para-hydroxylation sites is 1. The van der Waals surface area contributed by atoms with Crippen LogP contribution >= 0.6 is 0 Å². The first-order valence-corrected chi connectivity index (χ1v) is 8.69. The van der Waals surface area contributed by atoms with Crippen LogP contribution in [-0.4, -0.2) is 36.2 Å². The predicted octanol–water partition coefficient (Wildman–Crippen LogP) is 3.28. The molecule has 6 nitrogen and oxygen atoms in total. The van der Waals surface area contributed by atoms with Crippen molar-refractivity contribution in [2.45, 2.75) is 26.8 Å². The number of anilines is 1. The highest BCUT2D eigenvalue weighted by Crippen LogP contribution is 2.19. The van der Waals surface area contributed by atoms with Crippen molar-refractivity contribution in [2.24, 2.45) is 0 Å². The summed E-state index contributed by atoms with van der Waals surface area (Å²) in [6, 6.07) is 14.2. The average molecular weight is 368 g/mol. The van der Waals surface area contributed by atoms with E-state index in [1.54, 1.807) is 36.3 Å². The molecule has 0 aliphatic heterocycles. The molecule has 27 heavy (non-hydrogen) atoms. The summed E-state index contributed by atoms with van der Waals surface area (Å²) in [6.45, 7) is 3.60. The first-order valence-electron chi connectivity index (χ1n) is 8.69. The van der Waals surface area contributed by atoms with Crippen LogP contribution in [0.5, 0.6) is 5.75 Å². The molecule has 0 heterocycles. The van der Waals surface area contributed by atoms with Crippen LogP contribution in [-0.2, 0) is 16.1 Å². The Morgan fingerprint density at radius 2 is 1.78 bits per heavy atom. The number of Topliss-reactive ketones (excluding diaryl/α,β-unsaturated/α-hetero) is 1. The van der Waals surface area contributed by atoms with Gasteiger partial charge in [0.2, 0.25) is 11.8 Å². The Balaban J connectivity index is 1.97. The molecular weight excluding hydrogens is 344 g/mol. The monoisotopic (exact) mass is 368 g/mol. The first-order chi connectivity index (χ1) is 12.9. The molecule has 0 aromatic heterocycles. The van der Waals surface area contributed by atoms with Crippen LogP contribution in [0.25, 0.3) is 0 Å². The molecule has 0 spiro atoms. The zero-order valence-electron chi connectivity index (χ0n) is 15.8. The number of methoxy groups -OCH3 is 1. The van der Waals surface area contributed by atoms with Crippen molar-refractivity contribution in [3.8, 4) is 5.75 Å². The lowest BCUT2D eigenvalue weighted by molar-refractivity contribution is -0.129. The van der Waals surface area contributed by atoms with Gasteiger partial charge in [-0.1, -0.05) is 30.3 Å². The summed E-state index contributed by atoms with van der Waals surface area (Å²) in [5.41, 5.74) is 1.98. The van der Waals surface area contributed by atoms with Crippen LogP contribution in [0.15, 0.2) is 48.5 Å². The molecular formula is C21H24N2O4. The lowest BCUT2D eigenvalue weighted by Gasteiger charge is -2.22. The second-order valence-corrected chi connectivity index (χ2v) is 6.19. The summed E-state index contributed by atoms with van der Waals surface area (Å²) in [5, 5.41) is 2.76. The highest BCUT2D eigenvalue weighted by atomic mass is 16.5. The van der Waals surface area contributed by atoms with E-state index in [1.165, 1.54) is 13.8 Å². The predicted molar refractivity (Wildman–Crippen MR) is 104 cm³/mol. The van der Waals surface area contributed by atoms with Gasteiger partial charge >= 0.3 is 0 Å². The maximum atomic E-state index is 12.2. The summed E-state index contributed by atoms with van der Waals surface area (Å²) < 4.78 is 5.32. The van der Waals surface area contributed by atoms with Crippen molar-refractivity contribution in [3.05, 3.63) is 59.7 Å². The molecule has 0 bridgehead atoms. The van der Waals surface area contributed by atoms with Crippen molar-refractivity contribution in [3.63, 3.8) is 0 Å². The van der Waals surface area contributed by atoms with Gasteiger partial charge in [-0.05, 0) is 25.1 Å². The molecule has 2 aromatic carbocycles. The van der Waals surface area contributed by atoms with Crippen molar-refractivity contribution in [2.75, 3.05) is 19.0 Å². The van der Waals surface area contributed by atoms with Crippen LogP contribution < -0.4 is 10.1 Å². The lowest BCUT2D eigenvalue weighted by atomic mass is 10.1. The van der Waals surface area contributed by atoms with Gasteiger partial charge in [-0.3, -0.25) is 14.4 Å². The summed E-state index contributed by atoms with van der Waals surface area (Å²) in [4.78, 5) is 37.2. The Labute approximate surface area is 159 Å². The van der Waals surface area contributed by atoms with Gasteiger partial charge in [0.05, 0.1) is 7.11 Å². The van der Waals surface area contributed by atoms with E-state index in [0.717, 1.165) is 5.56 Å². The van der Waals surface area contributed by atoms with Crippen LogP contribution in [0, 0.1) is 0 Å². The maximum absolute atomic E-state index is 12.2. The molecule has 0 saturated carbocycles. The van der Waals surface area contributed by atoms with Gasteiger partial charge in [0.25, 0.3) is 0 Å². The number of nitrogens with one attached hydrogen (secondary N) is 1. The summed E-state index contributed by atoms with van der Waals surface area (Å²) in [6.07, 6.45) is 0.152. The smallest absolute Gasteiger partial charge is 0.226 e. The van der Waals surface area contributed by atoms with E-state index >= 15 is 0 Å². The number of carbonyl (C=O) groups excluding carboxylic acids is 3. The number of amides is 2. The number of ether oxygens (including phenoxy) is 1. The molecule has 142 valence electrons. The molecule has 0 saturated heterocycles. The molecule has 2 rings (SSSR count). The molecule has 1 N–H and O–H groups in total. The Morgan fingerprint density at radius 3 is 2.44 bits per heavy atom. The first kappa shape index (κ1) is 20.2. The van der Waals surface area contributed by atoms with Crippen molar-refractivity contribution in [1.82, 2.24) is 4.90 Å². The van der Waals surface area contributed by atoms with Gasteiger partial charge in [-0.15, -0.1) is 0 Å². The average Bonchev–Trinajstić information content (AvgIpc) is 2.65. The van der Waals surface area contributed by atoms with Crippen molar-refractivity contribution < 1.29 is 19.1 Å². The van der Waals surface area contributed by atoms with E-state index < -0.39 is 0 Å². The molecule has 0 radical (unpaired) electrons. The number of hydrogen-bond acceptors (Lipinski definition) is 4. The van der Waals surface area contributed by atoms with E-state index in [9.17, 15) is 14.4 Å². The topological polar surface area (TPSA) is 75.7 Å². The van der Waals surface area contributed by atoms with E-state index in [0.29, 0.717) is 23.5 Å². The number of rotatable bonds is 8. The third kappa shape index (κ3) is 5.95. The molecule has 0 unspecified atom stereocenters. The summed E-state index contributed by atoms with van der Waals surface area (Å²) in [5.74, 6) is 0.300. The van der Waals surface area contributed by atoms with Gasteiger partial charge in [0.1, 0.15) is 5.75 Å². The van der Waals surface area contributed by atoms with Gasteiger partial charge in [0.15, 0.2) is 5.78 Å². The van der Waals surface area contributed by atoms with Crippen molar-refractivity contribution in [1.29, 1.82) is 0 Å². The van der Waals surface area contributed by atoms with Crippen LogP contribution in [0.4, 0.5) is 5.69 Å². The Kier molecular flexibility index (Phi) is 7.11. The molecule has 0 atom stereocenters. The molecule has 0 aliphatic rings. The molecule has 2 aromatic rings. The van der Waals surface area contributed by atoms with E-state index in [-0.39, 0.29) is 30.6 Å². The third-order valence-electron chi connectivity index (χ3n) is 4.16. The number of nitrogens with zero attached hydrogens (tertiary/aromatic N) is 1. The zero-order valence-corrected chi connectivity index (χ0v) is 15.8. The number of hydrogen-bond donors (Lipinski definition) is 1. The largest absolute Gasteiger partial charge is 0.496 e. The zero-order chi connectivity index (χ0) is 19.8. The second-order valence-electron chi connectivity index (χ2n) is 6.19. The van der Waals surface area contributed by atoms with E-state index in [1.807, 2.05) is 24.3 Å². The summed E-state index contributed by atoms with van der Waals surface area (Å²) >= 11 is 0. The Morgan fingerprint density at radius 1 is 1.04 bits per heavy atom. The normalized spacial score (nSPS) is 10.2. The fraction of sp³-hybridized carbons (Fsp3) is 0.286. The molecule has 6 heteroatoms. The quantitative estimate of drug-likeness (QED) is 0.726. The molecule has 0 aliphatic carbocycles. The Hall–Kier alpha value is -3.15. The number of benzene rings is 2. The maximum Gasteiger partial charge on any atom is 0.226 e. The SMILES string of the molecule is COc1ccccc1CN(CCC(=O)Nc1cccc(C(C)=O)c1)C(C)=O. The minimum Gasteiger partial charge on any atom is -0.496 e. The van der Waals surface area contributed by atoms with Crippen molar-refractivity contribution >= 4 is 23.3 Å². The van der Waals surface area contributed by atoms with E-state index in [4.69, 9.17) is 4.74 Å². The second kappa shape index (κ2) is 9.52. The number of carbonyl (C=O) groups is 3. The fourth-order valence-corrected chi connectivity index (χ4v) is 2.66. The number of ketones is 1. The molecule has 2 amide bonds. The standard InChI is InChI=1S/C21H24N2O4/c1-15(24)17-8-6-9-19(13-17)22-21(26)11-12-23(16(2)25)14-18-7-4-5-10-20(18)27-3/h4-10,13H,11-12,14H2,1-3H3,(H,22,26). The van der Waals surface area contributed by atoms with Gasteiger partial charge in [-0.25, -0.2) is 0 Å². The summed E-state index contributed by atoms with van der Waals surface area (Å²) in [7, 11) is 1.58. The van der Waals surface area contributed by atoms with Gasteiger partial charge < -0.3 is 15.0 Å². The minimum absolute atomic E-state index is 0.0642. The van der Waals surface area contributed by atoms with E-state index in [2.05, 4.69) is 5.32 Å². The highest BCUT2D eigenvalue weighted by Gasteiger charge is 2.14. The van der Waals surface area contributed by atoms with Crippen LogP contribution in [0.3, 0.4) is 0 Å². The van der Waals surface area contributed by atoms with Gasteiger partial charge in [0, 0.05) is 43.2 Å². The Bertz CT molecular complexity index is 832. The van der Waals surface area contributed by atoms with Crippen LogP contribution in [0.1, 0.15) is 36.2 Å². The highest BCUT2D eigenvalue weighted by molar-refractivity contribution is 5.97. The third-order valence-corrected chi connectivity index (χ3v) is 4.16. The lowest BCUT2D eigenvalue weighted by Crippen LogP contribution is -2.31. The fourth-order valence-electron chi connectivity index (χ4n) is 2.66. The molecule has 0 fully saturated rings. The van der Waals surface area contributed by atoms with Crippen LogP contribution in [0.2, 0.25) is 0 Å². The minimum atomic E-state index is -0.220. The van der Waals surface area contributed by atoms with Gasteiger partial charge in [-0.2, -0.15) is 0 Å².